The summed E-state index contributed by atoms with van der Waals surface area (Å²) in [6, 6.07) is 0. The van der Waals surface area contributed by atoms with Gasteiger partial charge in [-0.15, -0.1) is 0 Å². The molecule has 0 fully saturated rings. The molecule has 1 aliphatic rings. The largest absolute Gasteiger partial charge is 0.208 e. The smallest absolute Gasteiger partial charge is 0.0415 e. The molecular formula is C8H16N4. The van der Waals surface area contributed by atoms with Gasteiger partial charge in [-0.25, -0.2) is 20.3 Å². The minimum Gasteiger partial charge on any atom is -0.208 e. The van der Waals surface area contributed by atoms with E-state index < -0.39 is 0 Å². The first-order chi connectivity index (χ1) is 5.63. The summed E-state index contributed by atoms with van der Waals surface area (Å²) in [4.78, 5) is 0. The Bertz CT molecular complexity index is 173. The van der Waals surface area contributed by atoms with Crippen LogP contribution in [-0.2, 0) is 0 Å². The average Bonchev–Trinajstić information content (AvgIpc) is 2.04. The molecule has 1 aliphatic heterocycles. The number of nitrogens with zero attached hydrogens (tertiary/aromatic N) is 4. The summed E-state index contributed by atoms with van der Waals surface area (Å²) in [5.41, 5.74) is 0. The van der Waals surface area contributed by atoms with Crippen LogP contribution < -0.4 is 0 Å². The highest BCUT2D eigenvalue weighted by molar-refractivity contribution is 5.04. The van der Waals surface area contributed by atoms with E-state index in [-0.39, 0.29) is 0 Å². The van der Waals surface area contributed by atoms with Crippen molar-refractivity contribution in [2.45, 2.75) is 0 Å². The van der Waals surface area contributed by atoms with Gasteiger partial charge in [0.05, 0.1) is 0 Å². The molecule has 1 rings (SSSR count). The Kier molecular flexibility index (Phi) is 2.73. The molecule has 4 heteroatoms. The number of hydrogen-bond donors (Lipinski definition) is 0. The van der Waals surface area contributed by atoms with Crippen molar-refractivity contribution in [3.8, 4) is 0 Å². The van der Waals surface area contributed by atoms with Gasteiger partial charge in [0.1, 0.15) is 0 Å². The van der Waals surface area contributed by atoms with Crippen molar-refractivity contribution in [2.75, 3.05) is 28.2 Å². The summed E-state index contributed by atoms with van der Waals surface area (Å²) >= 11 is 0. The van der Waals surface area contributed by atoms with Crippen molar-refractivity contribution >= 4 is 0 Å². The Hall–Kier alpha value is -1.00. The van der Waals surface area contributed by atoms with Gasteiger partial charge in [-0.2, -0.15) is 0 Å². The van der Waals surface area contributed by atoms with Crippen LogP contribution in [0.5, 0.6) is 0 Å². The first kappa shape index (κ1) is 9.09. The molecule has 0 saturated carbocycles. The summed E-state index contributed by atoms with van der Waals surface area (Å²) < 4.78 is 0. The second-order valence-corrected chi connectivity index (χ2v) is 3.02. The molecule has 12 heavy (non-hydrogen) atoms. The molecule has 0 radical (unpaired) electrons. The highest BCUT2D eigenvalue weighted by atomic mass is 16.0. The lowest BCUT2D eigenvalue weighted by molar-refractivity contribution is -0.187. The molecule has 0 aliphatic carbocycles. The molecule has 4 nitrogen and oxygen atoms in total. The van der Waals surface area contributed by atoms with Crippen LogP contribution in [0.4, 0.5) is 0 Å². The highest BCUT2D eigenvalue weighted by Gasteiger charge is 2.13. The monoisotopic (exact) mass is 168 g/mol. The van der Waals surface area contributed by atoms with Gasteiger partial charge in [0.15, 0.2) is 0 Å². The van der Waals surface area contributed by atoms with Crippen LogP contribution in [0.3, 0.4) is 0 Å². The SMILES string of the molecule is CN(C)N1C=CC=CN1N(C)C. The second-order valence-electron chi connectivity index (χ2n) is 3.02. The van der Waals surface area contributed by atoms with Crippen molar-refractivity contribution in [3.63, 3.8) is 0 Å². The van der Waals surface area contributed by atoms with Crippen molar-refractivity contribution in [1.82, 2.24) is 20.3 Å². The molecule has 0 bridgehead atoms. The van der Waals surface area contributed by atoms with Gasteiger partial charge in [-0.05, 0) is 12.2 Å². The molecular weight excluding hydrogens is 152 g/mol. The van der Waals surface area contributed by atoms with Gasteiger partial charge in [-0.1, -0.05) is 0 Å². The van der Waals surface area contributed by atoms with Gasteiger partial charge >= 0.3 is 0 Å². The molecule has 0 aromatic rings. The number of hydrogen-bond acceptors (Lipinski definition) is 4. The fourth-order valence-corrected chi connectivity index (χ4v) is 1.02. The Morgan fingerprint density at radius 3 is 1.33 bits per heavy atom. The predicted octanol–water partition coefficient (Wildman–Crippen LogP) is 0.500. The van der Waals surface area contributed by atoms with Crippen molar-refractivity contribution in [1.29, 1.82) is 0 Å². The predicted molar refractivity (Wildman–Crippen MR) is 49.3 cm³/mol. The standard InChI is InChI=1S/C8H16N4/c1-9(2)11-7-5-6-8-12(11)10(3)4/h5-8H,1-4H3. The minimum atomic E-state index is 2.00. The maximum Gasteiger partial charge on any atom is 0.0415 e. The van der Waals surface area contributed by atoms with Crippen LogP contribution >= 0.6 is 0 Å². The molecule has 0 saturated heterocycles. The molecule has 0 atom stereocenters. The molecule has 0 spiro atoms. The summed E-state index contributed by atoms with van der Waals surface area (Å²) in [6.45, 7) is 0. The Morgan fingerprint density at radius 2 is 1.08 bits per heavy atom. The number of allylic oxidation sites excluding steroid dienone is 2. The van der Waals surface area contributed by atoms with E-state index in [4.69, 9.17) is 0 Å². The van der Waals surface area contributed by atoms with Crippen LogP contribution in [0, 0.1) is 0 Å². The van der Waals surface area contributed by atoms with Crippen molar-refractivity contribution < 1.29 is 0 Å². The van der Waals surface area contributed by atoms with E-state index in [1.54, 1.807) is 0 Å². The fourth-order valence-electron chi connectivity index (χ4n) is 1.02. The van der Waals surface area contributed by atoms with Crippen LogP contribution in [0.15, 0.2) is 24.6 Å². The molecule has 0 aromatic carbocycles. The number of hydrazine groups is 3. The van der Waals surface area contributed by atoms with Crippen LogP contribution in [-0.4, -0.2) is 48.4 Å². The first-order valence-electron chi connectivity index (χ1n) is 3.91. The highest BCUT2D eigenvalue weighted by Crippen LogP contribution is 2.08. The van der Waals surface area contributed by atoms with Gasteiger partial charge in [0.25, 0.3) is 0 Å². The zero-order chi connectivity index (χ0) is 9.14. The Balaban J connectivity index is 2.71. The van der Waals surface area contributed by atoms with E-state index in [0.717, 1.165) is 0 Å². The topological polar surface area (TPSA) is 13.0 Å². The van der Waals surface area contributed by atoms with Crippen LogP contribution in [0.25, 0.3) is 0 Å². The second kappa shape index (κ2) is 3.60. The van der Waals surface area contributed by atoms with Gasteiger partial charge < -0.3 is 0 Å². The third-order valence-electron chi connectivity index (χ3n) is 1.58. The van der Waals surface area contributed by atoms with Gasteiger partial charge in [-0.3, -0.25) is 0 Å². The molecule has 1 heterocycles. The zero-order valence-corrected chi connectivity index (χ0v) is 8.10. The molecule has 0 N–H and O–H groups in total. The molecule has 0 aromatic heterocycles. The van der Waals surface area contributed by atoms with E-state index in [2.05, 4.69) is 0 Å². The summed E-state index contributed by atoms with van der Waals surface area (Å²) in [5, 5.41) is 8.00. The summed E-state index contributed by atoms with van der Waals surface area (Å²) in [6.07, 6.45) is 8.00. The summed E-state index contributed by atoms with van der Waals surface area (Å²) in [7, 11) is 8.00. The van der Waals surface area contributed by atoms with Crippen LogP contribution in [0.2, 0.25) is 0 Å². The third kappa shape index (κ3) is 1.78. The van der Waals surface area contributed by atoms with E-state index in [9.17, 15) is 0 Å². The molecule has 0 unspecified atom stereocenters. The normalized spacial score (nSPS) is 16.8. The van der Waals surface area contributed by atoms with E-state index in [1.165, 1.54) is 0 Å². The van der Waals surface area contributed by atoms with E-state index in [1.807, 2.05) is 73.0 Å². The lowest BCUT2D eigenvalue weighted by atomic mass is 10.5. The fraction of sp³-hybridized carbons (Fsp3) is 0.500. The molecule has 0 amide bonds. The van der Waals surface area contributed by atoms with E-state index in [0.29, 0.717) is 0 Å². The van der Waals surface area contributed by atoms with Gasteiger partial charge in [0, 0.05) is 40.6 Å². The zero-order valence-electron chi connectivity index (χ0n) is 8.10. The van der Waals surface area contributed by atoms with Crippen molar-refractivity contribution in [3.05, 3.63) is 24.6 Å². The van der Waals surface area contributed by atoms with Gasteiger partial charge in [0.2, 0.25) is 0 Å². The maximum absolute atomic E-state index is 2.00. The summed E-state index contributed by atoms with van der Waals surface area (Å²) in [5.74, 6) is 0. The van der Waals surface area contributed by atoms with E-state index >= 15 is 0 Å². The maximum atomic E-state index is 2.00. The Labute approximate surface area is 73.9 Å². The lowest BCUT2D eigenvalue weighted by Gasteiger charge is -2.41. The van der Waals surface area contributed by atoms with Crippen molar-refractivity contribution in [2.24, 2.45) is 0 Å². The number of rotatable bonds is 2. The minimum absolute atomic E-state index is 2.00. The first-order valence-corrected chi connectivity index (χ1v) is 3.91. The third-order valence-corrected chi connectivity index (χ3v) is 1.58. The van der Waals surface area contributed by atoms with Crippen LogP contribution in [0.1, 0.15) is 0 Å². The Morgan fingerprint density at radius 1 is 0.750 bits per heavy atom. The molecule has 68 valence electrons. The average molecular weight is 168 g/mol. The quantitative estimate of drug-likeness (QED) is 0.595. The lowest BCUT2D eigenvalue weighted by Crippen LogP contribution is -2.50.